The molecule has 2 aromatic rings. The lowest BCUT2D eigenvalue weighted by molar-refractivity contribution is -0.114. The van der Waals surface area contributed by atoms with Crippen LogP contribution >= 0.6 is 23.4 Å². The third-order valence-electron chi connectivity index (χ3n) is 4.23. The summed E-state index contributed by atoms with van der Waals surface area (Å²) in [7, 11) is 0. The lowest BCUT2D eigenvalue weighted by Crippen LogP contribution is -2.20. The summed E-state index contributed by atoms with van der Waals surface area (Å²) >= 11 is 7.12. The molecule has 0 aliphatic heterocycles. The number of thioether (sulfide) groups is 1. The van der Waals surface area contributed by atoms with E-state index in [2.05, 4.69) is 50.5 Å². The van der Waals surface area contributed by atoms with E-state index in [1.54, 1.807) is 24.3 Å². The van der Waals surface area contributed by atoms with Crippen LogP contribution in [0.1, 0.15) is 50.7 Å². The fourth-order valence-electron chi connectivity index (χ4n) is 2.84. The van der Waals surface area contributed by atoms with Gasteiger partial charge in [0.2, 0.25) is 11.8 Å². The average Bonchev–Trinajstić information content (AvgIpc) is 2.63. The number of halogens is 1. The van der Waals surface area contributed by atoms with Crippen molar-refractivity contribution in [3.8, 4) is 0 Å². The zero-order chi connectivity index (χ0) is 20.7. The van der Waals surface area contributed by atoms with Crippen LogP contribution in [0.15, 0.2) is 42.5 Å². The van der Waals surface area contributed by atoms with Crippen molar-refractivity contribution in [3.63, 3.8) is 0 Å². The van der Waals surface area contributed by atoms with Crippen LogP contribution < -0.4 is 10.6 Å². The minimum atomic E-state index is -0.148. The van der Waals surface area contributed by atoms with Gasteiger partial charge in [-0.2, -0.15) is 0 Å². The zero-order valence-corrected chi connectivity index (χ0v) is 18.3. The number of carbonyl (C=O) groups is 2. The van der Waals surface area contributed by atoms with Crippen LogP contribution in [0.3, 0.4) is 0 Å². The normalized spacial score (nSPS) is 11.0. The summed E-state index contributed by atoms with van der Waals surface area (Å²) < 4.78 is 0. The van der Waals surface area contributed by atoms with Crippen molar-refractivity contribution in [3.05, 3.63) is 58.6 Å². The quantitative estimate of drug-likeness (QED) is 0.561. The number of benzene rings is 2. The Balaban J connectivity index is 1.90. The first kappa shape index (κ1) is 22.3. The molecule has 0 saturated carbocycles. The van der Waals surface area contributed by atoms with Crippen molar-refractivity contribution in [1.29, 1.82) is 0 Å². The molecule has 2 aromatic carbocycles. The smallest absolute Gasteiger partial charge is 0.234 e. The van der Waals surface area contributed by atoms with E-state index in [0.717, 1.165) is 16.8 Å². The molecule has 0 bridgehead atoms. The predicted octanol–water partition coefficient (Wildman–Crippen LogP) is 5.90. The van der Waals surface area contributed by atoms with Crippen molar-refractivity contribution in [2.75, 3.05) is 22.1 Å². The molecule has 0 fully saturated rings. The second-order valence-electron chi connectivity index (χ2n) is 7.22. The fourth-order valence-corrected chi connectivity index (χ4v) is 3.58. The van der Waals surface area contributed by atoms with Gasteiger partial charge in [0.25, 0.3) is 0 Å². The Morgan fingerprint density at radius 1 is 0.857 bits per heavy atom. The van der Waals surface area contributed by atoms with E-state index in [1.165, 1.54) is 11.8 Å². The molecule has 0 unspecified atom stereocenters. The number of rotatable bonds is 8. The van der Waals surface area contributed by atoms with Gasteiger partial charge >= 0.3 is 0 Å². The summed E-state index contributed by atoms with van der Waals surface area (Å²) in [4.78, 5) is 24.5. The van der Waals surface area contributed by atoms with E-state index in [-0.39, 0.29) is 23.3 Å². The van der Waals surface area contributed by atoms with Crippen molar-refractivity contribution in [2.24, 2.45) is 0 Å². The largest absolute Gasteiger partial charge is 0.325 e. The molecule has 0 radical (unpaired) electrons. The van der Waals surface area contributed by atoms with Crippen LogP contribution in [0.2, 0.25) is 5.02 Å². The molecule has 2 amide bonds. The van der Waals surface area contributed by atoms with Gasteiger partial charge in [-0.15, -0.1) is 11.8 Å². The Hall–Kier alpha value is -1.98. The van der Waals surface area contributed by atoms with Crippen LogP contribution in [-0.4, -0.2) is 23.3 Å². The lowest BCUT2D eigenvalue weighted by atomic mass is 9.92. The molecule has 0 aliphatic rings. The first-order valence-corrected chi connectivity index (χ1v) is 10.9. The number of hydrogen-bond donors (Lipinski definition) is 2. The molecule has 28 heavy (non-hydrogen) atoms. The summed E-state index contributed by atoms with van der Waals surface area (Å²) in [5, 5.41) is 6.47. The van der Waals surface area contributed by atoms with Crippen LogP contribution in [-0.2, 0) is 9.59 Å². The summed E-state index contributed by atoms with van der Waals surface area (Å²) in [6.07, 6.45) is 0. The fraction of sp³-hybridized carbons (Fsp3) is 0.364. The molecule has 0 aromatic heterocycles. The second-order valence-corrected chi connectivity index (χ2v) is 8.64. The molecule has 0 saturated heterocycles. The van der Waals surface area contributed by atoms with Crippen LogP contribution in [0.25, 0.3) is 0 Å². The highest BCUT2D eigenvalue weighted by atomic mass is 35.5. The molecule has 150 valence electrons. The first-order valence-electron chi connectivity index (χ1n) is 9.33. The maximum atomic E-state index is 12.5. The maximum absolute atomic E-state index is 12.5. The first-order chi connectivity index (χ1) is 13.3. The lowest BCUT2D eigenvalue weighted by Gasteiger charge is -2.20. The van der Waals surface area contributed by atoms with E-state index in [1.807, 2.05) is 6.07 Å². The summed E-state index contributed by atoms with van der Waals surface area (Å²) in [5.41, 5.74) is 3.85. The van der Waals surface area contributed by atoms with Gasteiger partial charge in [0.15, 0.2) is 0 Å². The molecular formula is C22H27ClN2O2S. The zero-order valence-electron chi connectivity index (χ0n) is 16.7. The summed E-state index contributed by atoms with van der Waals surface area (Å²) in [5.74, 6) is 0.806. The van der Waals surface area contributed by atoms with Gasteiger partial charge in [-0.05, 0) is 47.2 Å². The van der Waals surface area contributed by atoms with E-state index in [9.17, 15) is 9.59 Å². The molecule has 2 N–H and O–H groups in total. The van der Waals surface area contributed by atoms with Gasteiger partial charge in [-0.1, -0.05) is 57.5 Å². The van der Waals surface area contributed by atoms with Crippen molar-refractivity contribution in [1.82, 2.24) is 0 Å². The van der Waals surface area contributed by atoms with Crippen molar-refractivity contribution in [2.45, 2.75) is 39.5 Å². The van der Waals surface area contributed by atoms with Gasteiger partial charge in [0.05, 0.1) is 11.5 Å². The van der Waals surface area contributed by atoms with Crippen molar-refractivity contribution < 1.29 is 9.59 Å². The van der Waals surface area contributed by atoms with Gasteiger partial charge in [0, 0.05) is 16.4 Å². The van der Waals surface area contributed by atoms with Crippen LogP contribution in [0.5, 0.6) is 0 Å². The highest BCUT2D eigenvalue weighted by Crippen LogP contribution is 2.32. The van der Waals surface area contributed by atoms with Gasteiger partial charge in [0.1, 0.15) is 0 Å². The number of carbonyl (C=O) groups excluding carboxylic acids is 2. The standard InChI is InChI=1S/C22H27ClN2O2S/c1-14(2)18-6-5-7-19(15(3)4)22(18)25-21(27)13-28-12-20(26)24-17-10-8-16(23)9-11-17/h5-11,14-15H,12-13H2,1-4H3,(H,24,26)(H,25,27). The van der Waals surface area contributed by atoms with Gasteiger partial charge in [-0.25, -0.2) is 0 Å². The number of nitrogens with one attached hydrogen (secondary N) is 2. The van der Waals surface area contributed by atoms with Crippen molar-refractivity contribution >= 4 is 46.6 Å². The molecule has 0 aliphatic carbocycles. The number of amides is 2. The SMILES string of the molecule is CC(C)c1cccc(C(C)C)c1NC(=O)CSCC(=O)Nc1ccc(Cl)cc1. The molecule has 0 heterocycles. The molecular weight excluding hydrogens is 392 g/mol. The minimum absolute atomic E-state index is 0.0979. The Kier molecular flexibility index (Phi) is 8.39. The second kappa shape index (κ2) is 10.5. The molecule has 0 spiro atoms. The van der Waals surface area contributed by atoms with Crippen LogP contribution in [0.4, 0.5) is 11.4 Å². The average molecular weight is 419 g/mol. The predicted molar refractivity (Wildman–Crippen MR) is 121 cm³/mol. The summed E-state index contributed by atoms with van der Waals surface area (Å²) in [6, 6.07) is 13.1. The number of hydrogen-bond acceptors (Lipinski definition) is 3. The maximum Gasteiger partial charge on any atom is 0.234 e. The van der Waals surface area contributed by atoms with E-state index in [4.69, 9.17) is 11.6 Å². The monoisotopic (exact) mass is 418 g/mol. The van der Waals surface area contributed by atoms with Crippen LogP contribution in [0, 0.1) is 0 Å². The molecule has 0 atom stereocenters. The highest BCUT2D eigenvalue weighted by Gasteiger charge is 2.16. The minimum Gasteiger partial charge on any atom is -0.325 e. The molecule has 4 nitrogen and oxygen atoms in total. The third kappa shape index (κ3) is 6.57. The molecule has 6 heteroatoms. The number of para-hydroxylation sites is 1. The summed E-state index contributed by atoms with van der Waals surface area (Å²) in [6.45, 7) is 8.46. The topological polar surface area (TPSA) is 58.2 Å². The molecule has 2 rings (SSSR count). The highest BCUT2D eigenvalue weighted by molar-refractivity contribution is 8.00. The van der Waals surface area contributed by atoms with Gasteiger partial charge < -0.3 is 10.6 Å². The van der Waals surface area contributed by atoms with Gasteiger partial charge in [-0.3, -0.25) is 9.59 Å². The Morgan fingerprint density at radius 2 is 1.36 bits per heavy atom. The van der Waals surface area contributed by atoms with E-state index < -0.39 is 0 Å². The number of anilines is 2. The van der Waals surface area contributed by atoms with E-state index >= 15 is 0 Å². The Morgan fingerprint density at radius 3 is 1.86 bits per heavy atom. The Labute approximate surface area is 176 Å². The third-order valence-corrected chi connectivity index (χ3v) is 5.42. The van der Waals surface area contributed by atoms with E-state index in [0.29, 0.717) is 22.5 Å². The Bertz CT molecular complexity index is 794.